The molecule has 1 aliphatic rings. The first-order valence-corrected chi connectivity index (χ1v) is 6.22. The average Bonchev–Trinajstić information content (AvgIpc) is 2.80. The lowest BCUT2D eigenvalue weighted by Crippen LogP contribution is -2.31. The Morgan fingerprint density at radius 1 is 1.39 bits per heavy atom. The van der Waals surface area contributed by atoms with Gasteiger partial charge in [-0.3, -0.25) is 4.79 Å². The number of nitrogens with one attached hydrogen (secondary N) is 1. The van der Waals surface area contributed by atoms with Crippen LogP contribution in [0.1, 0.15) is 6.42 Å². The molecule has 0 spiro atoms. The minimum atomic E-state index is -0.250. The molecule has 0 aromatic heterocycles. The third-order valence-electron chi connectivity index (χ3n) is 2.69. The van der Waals surface area contributed by atoms with Crippen LogP contribution >= 0.6 is 28.3 Å². The number of ether oxygens (including phenoxy) is 2. The lowest BCUT2D eigenvalue weighted by atomic mass is 10.2. The summed E-state index contributed by atoms with van der Waals surface area (Å²) in [5, 5.41) is 3.08. The van der Waals surface area contributed by atoms with Gasteiger partial charge in [0.1, 0.15) is 17.9 Å². The number of carbonyl (C=O) groups is 1. The third kappa shape index (κ3) is 3.86. The zero-order valence-corrected chi connectivity index (χ0v) is 12.3. The molecule has 0 unspecified atom stereocenters. The van der Waals surface area contributed by atoms with Crippen LogP contribution < -0.4 is 10.1 Å². The Labute approximate surface area is 121 Å². The highest BCUT2D eigenvalue weighted by Crippen LogP contribution is 2.20. The fourth-order valence-electron chi connectivity index (χ4n) is 1.82. The average molecular weight is 337 g/mol. The van der Waals surface area contributed by atoms with Gasteiger partial charge in [0.15, 0.2) is 0 Å². The van der Waals surface area contributed by atoms with Crippen LogP contribution in [0.25, 0.3) is 0 Å². The maximum Gasteiger partial charge on any atom is 0.323 e. The minimum Gasteiger partial charge on any atom is -0.489 e. The zero-order chi connectivity index (χ0) is 12.3. The first-order chi connectivity index (χ1) is 8.19. The second-order valence-corrected chi connectivity index (χ2v) is 4.83. The van der Waals surface area contributed by atoms with Gasteiger partial charge in [-0.25, -0.2) is 0 Å². The van der Waals surface area contributed by atoms with Gasteiger partial charge in [-0.2, -0.15) is 0 Å². The van der Waals surface area contributed by atoms with E-state index in [9.17, 15) is 4.79 Å². The summed E-state index contributed by atoms with van der Waals surface area (Å²) in [4.78, 5) is 11.3. The Hall–Kier alpha value is -0.780. The topological polar surface area (TPSA) is 47.6 Å². The summed E-state index contributed by atoms with van der Waals surface area (Å²) in [7, 11) is 1.40. The molecular weight excluding hydrogens is 321 g/mol. The van der Waals surface area contributed by atoms with E-state index in [1.807, 2.05) is 24.3 Å². The van der Waals surface area contributed by atoms with Gasteiger partial charge in [0.05, 0.1) is 7.11 Å². The molecule has 0 radical (unpaired) electrons. The molecule has 1 saturated heterocycles. The number of halogens is 2. The maximum atomic E-state index is 11.3. The van der Waals surface area contributed by atoms with Crippen molar-refractivity contribution < 1.29 is 14.3 Å². The van der Waals surface area contributed by atoms with Gasteiger partial charge in [-0.1, -0.05) is 15.9 Å². The molecule has 100 valence electrons. The van der Waals surface area contributed by atoms with Gasteiger partial charge < -0.3 is 14.8 Å². The normalized spacial score (nSPS) is 22.1. The smallest absolute Gasteiger partial charge is 0.323 e. The Kier molecular flexibility index (Phi) is 5.91. The molecule has 2 rings (SSSR count). The van der Waals surface area contributed by atoms with Crippen molar-refractivity contribution in [2.45, 2.75) is 18.6 Å². The molecule has 0 aliphatic carbocycles. The Balaban J connectivity index is 0.00000162. The van der Waals surface area contributed by atoms with Crippen molar-refractivity contribution in [3.8, 4) is 5.75 Å². The van der Waals surface area contributed by atoms with Crippen LogP contribution in [0.3, 0.4) is 0 Å². The number of hydrogen-bond donors (Lipinski definition) is 1. The highest BCUT2D eigenvalue weighted by atomic mass is 79.9. The molecule has 0 amide bonds. The number of benzene rings is 1. The van der Waals surface area contributed by atoms with E-state index in [1.165, 1.54) is 7.11 Å². The predicted molar refractivity (Wildman–Crippen MR) is 74.2 cm³/mol. The Bertz CT molecular complexity index is 399. The fraction of sp³-hybridized carbons (Fsp3) is 0.417. The summed E-state index contributed by atoms with van der Waals surface area (Å²) < 4.78 is 11.5. The molecule has 1 N–H and O–H groups in total. The van der Waals surface area contributed by atoms with Crippen LogP contribution in [0.2, 0.25) is 0 Å². The van der Waals surface area contributed by atoms with Crippen LogP contribution in [-0.4, -0.2) is 31.8 Å². The van der Waals surface area contributed by atoms with E-state index in [1.54, 1.807) is 0 Å². The van der Waals surface area contributed by atoms with Gasteiger partial charge in [0, 0.05) is 17.4 Å². The molecule has 6 heteroatoms. The third-order valence-corrected chi connectivity index (χ3v) is 3.22. The molecule has 2 atom stereocenters. The van der Waals surface area contributed by atoms with Crippen molar-refractivity contribution in [2.75, 3.05) is 13.7 Å². The van der Waals surface area contributed by atoms with Gasteiger partial charge >= 0.3 is 5.97 Å². The molecule has 0 saturated carbocycles. The van der Waals surface area contributed by atoms with Crippen molar-refractivity contribution in [3.05, 3.63) is 28.7 Å². The van der Waals surface area contributed by atoms with Gasteiger partial charge in [-0.15, -0.1) is 12.4 Å². The Morgan fingerprint density at radius 2 is 2.06 bits per heavy atom. The van der Waals surface area contributed by atoms with Crippen LogP contribution in [0, 0.1) is 0 Å². The first-order valence-electron chi connectivity index (χ1n) is 5.42. The minimum absolute atomic E-state index is 0. The van der Waals surface area contributed by atoms with Gasteiger partial charge in [0.25, 0.3) is 0 Å². The molecule has 1 fully saturated rings. The molecule has 1 heterocycles. The van der Waals surface area contributed by atoms with Crippen LogP contribution in [-0.2, 0) is 9.53 Å². The summed E-state index contributed by atoms with van der Waals surface area (Å²) in [6, 6.07) is 7.40. The summed E-state index contributed by atoms with van der Waals surface area (Å²) in [6.07, 6.45) is 0.656. The molecule has 1 aliphatic heterocycles. The Morgan fingerprint density at radius 3 is 2.67 bits per heavy atom. The molecular formula is C12H15BrClNO3. The zero-order valence-electron chi connectivity index (χ0n) is 9.89. The largest absolute Gasteiger partial charge is 0.489 e. The number of hydrogen-bond acceptors (Lipinski definition) is 4. The first kappa shape index (κ1) is 15.3. The summed E-state index contributed by atoms with van der Waals surface area (Å²) >= 11 is 3.37. The van der Waals surface area contributed by atoms with E-state index in [2.05, 4.69) is 26.0 Å². The molecule has 0 bridgehead atoms. The highest BCUT2D eigenvalue weighted by Gasteiger charge is 2.31. The SMILES string of the molecule is COC(=O)[C@@H]1C[C@H](Oc2ccc(Br)cc2)CN1.Cl. The van der Waals surface area contributed by atoms with Gasteiger partial charge in [-0.05, 0) is 24.3 Å². The number of carbonyl (C=O) groups excluding carboxylic acids is 1. The lowest BCUT2D eigenvalue weighted by molar-refractivity contribution is -0.142. The lowest BCUT2D eigenvalue weighted by Gasteiger charge is -2.12. The number of methoxy groups -OCH3 is 1. The maximum absolute atomic E-state index is 11.3. The van der Waals surface area contributed by atoms with Crippen molar-refractivity contribution in [1.82, 2.24) is 5.32 Å². The second kappa shape index (κ2) is 6.97. The van der Waals surface area contributed by atoms with Crippen molar-refractivity contribution in [2.24, 2.45) is 0 Å². The summed E-state index contributed by atoms with van der Waals surface area (Å²) in [5.74, 6) is 0.581. The van der Waals surface area contributed by atoms with Crippen molar-refractivity contribution in [3.63, 3.8) is 0 Å². The second-order valence-electron chi connectivity index (χ2n) is 3.91. The van der Waals surface area contributed by atoms with Crippen molar-refractivity contribution in [1.29, 1.82) is 0 Å². The summed E-state index contributed by atoms with van der Waals surface area (Å²) in [5.41, 5.74) is 0. The fourth-order valence-corrected chi connectivity index (χ4v) is 2.08. The molecule has 4 nitrogen and oxygen atoms in total. The van der Waals surface area contributed by atoms with Gasteiger partial charge in [0.2, 0.25) is 0 Å². The van der Waals surface area contributed by atoms with Crippen LogP contribution in [0.4, 0.5) is 0 Å². The van der Waals surface area contributed by atoms with E-state index in [4.69, 9.17) is 4.74 Å². The van der Waals surface area contributed by atoms with E-state index < -0.39 is 0 Å². The number of rotatable bonds is 3. The van der Waals surface area contributed by atoms with Crippen molar-refractivity contribution >= 4 is 34.3 Å². The molecule has 1 aromatic carbocycles. The number of esters is 1. The molecule has 18 heavy (non-hydrogen) atoms. The standard InChI is InChI=1S/C12H14BrNO3.ClH/c1-16-12(15)11-6-10(7-14-11)17-9-4-2-8(13)3-5-9;/h2-5,10-11,14H,6-7H2,1H3;1H/t10-,11-;/m0./s1. The van der Waals surface area contributed by atoms with E-state index in [-0.39, 0.29) is 30.5 Å². The monoisotopic (exact) mass is 335 g/mol. The predicted octanol–water partition coefficient (Wildman–Crippen LogP) is 2.15. The highest BCUT2D eigenvalue weighted by molar-refractivity contribution is 9.10. The van der Waals surface area contributed by atoms with Crippen LogP contribution in [0.5, 0.6) is 5.75 Å². The van der Waals surface area contributed by atoms with E-state index >= 15 is 0 Å². The van der Waals surface area contributed by atoms with Crippen LogP contribution in [0.15, 0.2) is 28.7 Å². The summed E-state index contributed by atoms with van der Waals surface area (Å²) in [6.45, 7) is 0.663. The molecule has 1 aromatic rings. The quantitative estimate of drug-likeness (QED) is 0.859. The van der Waals surface area contributed by atoms with E-state index in [0.717, 1.165) is 10.2 Å². The van der Waals surface area contributed by atoms with E-state index in [0.29, 0.717) is 13.0 Å².